The number of thioether (sulfide) groups is 1. The number of carbonyl (C=O) groups excluding carboxylic acids is 1. The summed E-state index contributed by atoms with van der Waals surface area (Å²) in [6.45, 7) is 4.73. The zero-order valence-corrected chi connectivity index (χ0v) is 17.5. The molecule has 3 aromatic carbocycles. The predicted octanol–water partition coefficient (Wildman–Crippen LogP) is 5.97. The number of aromatic nitrogens is 1. The van der Waals surface area contributed by atoms with Crippen LogP contribution in [0.2, 0.25) is 0 Å². The minimum Gasteiger partial charge on any atom is -0.354 e. The highest BCUT2D eigenvalue weighted by molar-refractivity contribution is 7.99. The van der Waals surface area contributed by atoms with E-state index in [2.05, 4.69) is 59.7 Å². The third kappa shape index (κ3) is 4.38. The number of H-pyrrole nitrogens is 1. The van der Waals surface area contributed by atoms with Gasteiger partial charge in [-0.2, -0.15) is 0 Å². The van der Waals surface area contributed by atoms with Crippen molar-refractivity contribution in [3.05, 3.63) is 89.5 Å². The zero-order valence-electron chi connectivity index (χ0n) is 16.7. The fourth-order valence-corrected chi connectivity index (χ4v) is 4.37. The van der Waals surface area contributed by atoms with Gasteiger partial charge in [0.25, 0.3) is 5.91 Å². The Labute approximate surface area is 175 Å². The maximum atomic E-state index is 12.3. The van der Waals surface area contributed by atoms with Crippen LogP contribution >= 0.6 is 11.8 Å². The van der Waals surface area contributed by atoms with Gasteiger partial charge in [-0.15, -0.1) is 11.8 Å². The maximum Gasteiger partial charge on any atom is 0.251 e. The summed E-state index contributed by atoms with van der Waals surface area (Å²) >= 11 is 1.78. The fraction of sp³-hybridized carbons (Fsp3) is 0.160. The van der Waals surface area contributed by atoms with Crippen molar-refractivity contribution in [2.75, 3.05) is 12.3 Å². The molecule has 0 atom stereocenters. The van der Waals surface area contributed by atoms with Gasteiger partial charge in [0.15, 0.2) is 0 Å². The van der Waals surface area contributed by atoms with E-state index in [4.69, 9.17) is 0 Å². The average molecular weight is 401 g/mol. The van der Waals surface area contributed by atoms with E-state index in [0.717, 1.165) is 22.5 Å². The number of amides is 1. The number of hydrogen-bond donors (Lipinski definition) is 2. The monoisotopic (exact) mass is 400 g/mol. The molecule has 0 spiro atoms. The van der Waals surface area contributed by atoms with Gasteiger partial charge in [-0.3, -0.25) is 4.79 Å². The van der Waals surface area contributed by atoms with Gasteiger partial charge >= 0.3 is 0 Å². The summed E-state index contributed by atoms with van der Waals surface area (Å²) in [5, 5.41) is 4.25. The van der Waals surface area contributed by atoms with E-state index in [9.17, 15) is 4.79 Å². The average Bonchev–Trinajstić information content (AvgIpc) is 3.10. The Bertz CT molecular complexity index is 1130. The number of nitrogens with one attached hydrogen (secondary N) is 2. The minimum absolute atomic E-state index is 0.0247. The summed E-state index contributed by atoms with van der Waals surface area (Å²) in [7, 11) is 0. The van der Waals surface area contributed by atoms with E-state index in [-0.39, 0.29) is 5.91 Å². The second-order valence-corrected chi connectivity index (χ2v) is 8.32. The first-order valence-electron chi connectivity index (χ1n) is 9.77. The van der Waals surface area contributed by atoms with E-state index < -0.39 is 0 Å². The maximum absolute atomic E-state index is 12.3. The Morgan fingerprint density at radius 3 is 2.28 bits per heavy atom. The highest BCUT2D eigenvalue weighted by Gasteiger charge is 2.13. The van der Waals surface area contributed by atoms with E-state index in [1.54, 1.807) is 11.8 Å². The number of rotatable bonds is 6. The lowest BCUT2D eigenvalue weighted by Gasteiger charge is -2.08. The summed E-state index contributed by atoms with van der Waals surface area (Å²) in [6, 6.07) is 24.6. The second-order valence-electron chi connectivity index (χ2n) is 7.21. The van der Waals surface area contributed by atoms with Crippen molar-refractivity contribution in [1.29, 1.82) is 0 Å². The summed E-state index contributed by atoms with van der Waals surface area (Å²) in [4.78, 5) is 17.1. The quantitative estimate of drug-likeness (QED) is 0.309. The van der Waals surface area contributed by atoms with Gasteiger partial charge in [0.2, 0.25) is 0 Å². The highest BCUT2D eigenvalue weighted by atomic mass is 32.2. The molecule has 0 saturated carbocycles. The number of hydrogen-bond acceptors (Lipinski definition) is 2. The van der Waals surface area contributed by atoms with Crippen LogP contribution in [0, 0.1) is 13.8 Å². The Balaban J connectivity index is 1.48. The van der Waals surface area contributed by atoms with E-state index in [1.807, 2.05) is 37.3 Å². The number of para-hydroxylation sites is 1. The number of carbonyl (C=O) groups is 1. The number of fused-ring (bicyclic) bond motifs is 1. The van der Waals surface area contributed by atoms with E-state index >= 15 is 0 Å². The lowest BCUT2D eigenvalue weighted by atomic mass is 10.1. The van der Waals surface area contributed by atoms with Gasteiger partial charge in [0.1, 0.15) is 0 Å². The van der Waals surface area contributed by atoms with Gasteiger partial charge in [0.05, 0.1) is 5.69 Å². The third-order valence-corrected chi connectivity index (χ3v) is 6.07. The van der Waals surface area contributed by atoms with Crippen LogP contribution in [0.15, 0.2) is 77.7 Å². The minimum atomic E-state index is -0.0247. The largest absolute Gasteiger partial charge is 0.354 e. The van der Waals surface area contributed by atoms with Crippen molar-refractivity contribution >= 4 is 28.6 Å². The normalized spacial score (nSPS) is 11.0. The molecule has 0 saturated heterocycles. The number of benzene rings is 3. The molecular formula is C25H24N2OS. The molecule has 0 aliphatic carbocycles. The molecule has 0 fully saturated rings. The van der Waals surface area contributed by atoms with Crippen molar-refractivity contribution in [1.82, 2.24) is 10.3 Å². The van der Waals surface area contributed by atoms with Gasteiger partial charge in [0, 0.05) is 33.7 Å². The Morgan fingerprint density at radius 2 is 1.55 bits per heavy atom. The molecule has 29 heavy (non-hydrogen) atoms. The van der Waals surface area contributed by atoms with Gasteiger partial charge in [-0.1, -0.05) is 65.7 Å². The molecule has 0 radical (unpaired) electrons. The van der Waals surface area contributed by atoms with Crippen LogP contribution in [0.3, 0.4) is 0 Å². The molecule has 0 aliphatic rings. The van der Waals surface area contributed by atoms with Crippen LogP contribution in [0.25, 0.3) is 22.2 Å². The molecule has 2 N–H and O–H groups in total. The molecule has 4 heteroatoms. The molecule has 4 aromatic rings. The Hall–Kier alpha value is -2.98. The van der Waals surface area contributed by atoms with Crippen LogP contribution in [0.4, 0.5) is 0 Å². The van der Waals surface area contributed by atoms with E-state index in [0.29, 0.717) is 12.1 Å². The SMILES string of the molecule is Cc1ccc(C(=O)NCCSc2c(-c3ccc(C)cc3)[nH]c3ccccc23)cc1. The van der Waals surface area contributed by atoms with Gasteiger partial charge in [-0.05, 0) is 37.6 Å². The van der Waals surface area contributed by atoms with Gasteiger partial charge < -0.3 is 10.3 Å². The summed E-state index contributed by atoms with van der Waals surface area (Å²) in [5.41, 5.74) is 6.55. The summed E-state index contributed by atoms with van der Waals surface area (Å²) < 4.78 is 0. The van der Waals surface area contributed by atoms with Crippen molar-refractivity contribution in [3.63, 3.8) is 0 Å². The lowest BCUT2D eigenvalue weighted by molar-refractivity contribution is 0.0956. The summed E-state index contributed by atoms with van der Waals surface area (Å²) in [5.74, 6) is 0.779. The van der Waals surface area contributed by atoms with Crippen LogP contribution in [-0.4, -0.2) is 23.2 Å². The molecule has 4 rings (SSSR count). The summed E-state index contributed by atoms with van der Waals surface area (Å²) in [6.07, 6.45) is 0. The number of aromatic amines is 1. The smallest absolute Gasteiger partial charge is 0.251 e. The zero-order chi connectivity index (χ0) is 20.2. The van der Waals surface area contributed by atoms with Crippen molar-refractivity contribution in [2.45, 2.75) is 18.7 Å². The molecule has 1 aromatic heterocycles. The second kappa shape index (κ2) is 8.58. The van der Waals surface area contributed by atoms with Crippen molar-refractivity contribution < 1.29 is 4.79 Å². The first-order chi connectivity index (χ1) is 14.1. The third-order valence-electron chi connectivity index (χ3n) is 4.95. The molecule has 1 heterocycles. The highest BCUT2D eigenvalue weighted by Crippen LogP contribution is 2.37. The van der Waals surface area contributed by atoms with Gasteiger partial charge in [-0.25, -0.2) is 0 Å². The molecular weight excluding hydrogens is 376 g/mol. The Morgan fingerprint density at radius 1 is 0.897 bits per heavy atom. The molecule has 0 bridgehead atoms. The lowest BCUT2D eigenvalue weighted by Crippen LogP contribution is -2.25. The molecule has 0 aliphatic heterocycles. The Kier molecular flexibility index (Phi) is 5.72. The fourth-order valence-electron chi connectivity index (χ4n) is 3.31. The van der Waals surface area contributed by atoms with Crippen LogP contribution in [0.1, 0.15) is 21.5 Å². The number of aryl methyl sites for hydroxylation is 2. The predicted molar refractivity (Wildman–Crippen MR) is 123 cm³/mol. The first-order valence-corrected chi connectivity index (χ1v) is 10.8. The standard InChI is InChI=1S/C25H24N2OS/c1-17-7-11-19(12-8-17)23-24(21-5-3-4-6-22(21)27-23)29-16-15-26-25(28)20-13-9-18(2)10-14-20/h3-14,27H,15-16H2,1-2H3,(H,26,28). The van der Waals surface area contributed by atoms with Crippen molar-refractivity contribution in [2.24, 2.45) is 0 Å². The molecule has 1 amide bonds. The van der Waals surface area contributed by atoms with Crippen molar-refractivity contribution in [3.8, 4) is 11.3 Å². The molecule has 0 unspecified atom stereocenters. The molecule has 3 nitrogen and oxygen atoms in total. The van der Waals surface area contributed by atoms with Crippen LogP contribution < -0.4 is 5.32 Å². The van der Waals surface area contributed by atoms with E-state index in [1.165, 1.54) is 21.4 Å². The first kappa shape index (κ1) is 19.3. The topological polar surface area (TPSA) is 44.9 Å². The van der Waals surface area contributed by atoms with Crippen LogP contribution in [-0.2, 0) is 0 Å². The van der Waals surface area contributed by atoms with Crippen LogP contribution in [0.5, 0.6) is 0 Å². The molecule has 146 valence electrons.